The van der Waals surface area contributed by atoms with E-state index in [1.54, 1.807) is 11.8 Å². The van der Waals surface area contributed by atoms with Gasteiger partial charge in [0, 0.05) is 18.7 Å². The summed E-state index contributed by atoms with van der Waals surface area (Å²) in [6.45, 7) is 4.84. The summed E-state index contributed by atoms with van der Waals surface area (Å²) in [5, 5.41) is 7.98. The highest BCUT2D eigenvalue weighted by Gasteiger charge is 2.38. The molecule has 0 bridgehead atoms. The number of benzene rings is 1. The first kappa shape index (κ1) is 15.6. The van der Waals surface area contributed by atoms with E-state index in [9.17, 15) is 4.79 Å². The lowest BCUT2D eigenvalue weighted by molar-refractivity contribution is 0.0566. The van der Waals surface area contributed by atoms with Crippen molar-refractivity contribution in [3.8, 4) is 11.4 Å². The quantitative estimate of drug-likeness (QED) is 0.727. The number of carbonyl (C=O) groups is 1. The van der Waals surface area contributed by atoms with E-state index in [-0.39, 0.29) is 11.8 Å². The first-order valence-corrected chi connectivity index (χ1v) is 8.30. The maximum Gasteiger partial charge on any atom is 0.259 e. The molecule has 128 valence electrons. The van der Waals surface area contributed by atoms with Crippen molar-refractivity contribution in [3.05, 3.63) is 53.2 Å². The van der Waals surface area contributed by atoms with Gasteiger partial charge in [0.2, 0.25) is 11.7 Å². The van der Waals surface area contributed by atoms with Crippen molar-refractivity contribution in [1.82, 2.24) is 20.2 Å². The van der Waals surface area contributed by atoms with Gasteiger partial charge in [-0.1, -0.05) is 47.6 Å². The van der Waals surface area contributed by atoms with Crippen molar-refractivity contribution in [3.63, 3.8) is 0 Å². The molecule has 0 aliphatic carbocycles. The van der Waals surface area contributed by atoms with Gasteiger partial charge in [-0.15, -0.1) is 0 Å². The van der Waals surface area contributed by atoms with Crippen LogP contribution in [-0.4, -0.2) is 39.2 Å². The number of hydrogen-bond donors (Lipinski definition) is 0. The van der Waals surface area contributed by atoms with E-state index in [0.29, 0.717) is 48.2 Å². The summed E-state index contributed by atoms with van der Waals surface area (Å²) in [4.78, 5) is 18.9. The van der Waals surface area contributed by atoms with Crippen LogP contribution in [0.25, 0.3) is 11.4 Å². The van der Waals surface area contributed by atoms with E-state index < -0.39 is 0 Å². The summed E-state index contributed by atoms with van der Waals surface area (Å²) in [5.41, 5.74) is 2.20. The first-order chi connectivity index (χ1) is 12.2. The Hall–Kier alpha value is -2.96. The van der Waals surface area contributed by atoms with Gasteiger partial charge in [-0.2, -0.15) is 4.98 Å². The standard InChI is InChI=1S/C18H18N4O3/c1-3-14-15(11(2)24-20-14)18(23)22-9-13(10-22)17-19-16(21-25-17)12-7-5-4-6-8-12/h4-8,13H,3,9-10H2,1-2H3. The number of aromatic nitrogens is 3. The number of hydrogen-bond acceptors (Lipinski definition) is 6. The van der Waals surface area contributed by atoms with E-state index >= 15 is 0 Å². The van der Waals surface area contributed by atoms with Crippen LogP contribution in [0.4, 0.5) is 0 Å². The van der Waals surface area contributed by atoms with E-state index in [1.165, 1.54) is 0 Å². The average molecular weight is 338 g/mol. The molecule has 0 saturated carbocycles. The fourth-order valence-electron chi connectivity index (χ4n) is 3.00. The van der Waals surface area contributed by atoms with Crippen molar-refractivity contribution in [2.24, 2.45) is 0 Å². The second-order valence-electron chi connectivity index (χ2n) is 6.14. The van der Waals surface area contributed by atoms with Crippen molar-refractivity contribution >= 4 is 5.91 Å². The molecule has 7 nitrogen and oxygen atoms in total. The molecular weight excluding hydrogens is 320 g/mol. The molecule has 3 aromatic rings. The number of rotatable bonds is 4. The molecule has 1 aliphatic heterocycles. The molecule has 0 radical (unpaired) electrons. The van der Waals surface area contributed by atoms with Gasteiger partial charge in [-0.3, -0.25) is 4.79 Å². The van der Waals surface area contributed by atoms with Gasteiger partial charge in [0.05, 0.1) is 11.6 Å². The second-order valence-corrected chi connectivity index (χ2v) is 6.14. The van der Waals surface area contributed by atoms with Gasteiger partial charge >= 0.3 is 0 Å². The second kappa shape index (κ2) is 6.16. The van der Waals surface area contributed by atoms with Crippen LogP contribution >= 0.6 is 0 Å². The molecule has 7 heteroatoms. The minimum absolute atomic E-state index is 0.0466. The molecule has 1 fully saturated rings. The van der Waals surface area contributed by atoms with E-state index in [4.69, 9.17) is 9.05 Å². The zero-order chi connectivity index (χ0) is 17.4. The van der Waals surface area contributed by atoms with E-state index in [0.717, 1.165) is 5.56 Å². The van der Waals surface area contributed by atoms with Gasteiger partial charge in [-0.05, 0) is 13.3 Å². The zero-order valence-electron chi connectivity index (χ0n) is 14.1. The van der Waals surface area contributed by atoms with Crippen molar-refractivity contribution in [1.29, 1.82) is 0 Å². The summed E-state index contributed by atoms with van der Waals surface area (Å²) in [7, 11) is 0. The van der Waals surface area contributed by atoms with Crippen molar-refractivity contribution in [2.45, 2.75) is 26.2 Å². The highest BCUT2D eigenvalue weighted by molar-refractivity contribution is 5.96. The van der Waals surface area contributed by atoms with Crippen molar-refractivity contribution < 1.29 is 13.8 Å². The first-order valence-electron chi connectivity index (χ1n) is 8.30. The Morgan fingerprint density at radius 1 is 1.20 bits per heavy atom. The number of aryl methyl sites for hydroxylation is 2. The Labute approximate surface area is 144 Å². The molecule has 2 aromatic heterocycles. The molecule has 25 heavy (non-hydrogen) atoms. The molecule has 0 spiro atoms. The molecule has 4 rings (SSSR count). The van der Waals surface area contributed by atoms with E-state index in [2.05, 4.69) is 15.3 Å². The monoisotopic (exact) mass is 338 g/mol. The molecule has 0 unspecified atom stereocenters. The van der Waals surface area contributed by atoms with Gasteiger partial charge in [0.25, 0.3) is 5.91 Å². The molecule has 0 atom stereocenters. The highest BCUT2D eigenvalue weighted by Crippen LogP contribution is 2.30. The molecule has 1 aliphatic rings. The van der Waals surface area contributed by atoms with Crippen LogP contribution in [0.5, 0.6) is 0 Å². The van der Waals surface area contributed by atoms with Crippen LogP contribution < -0.4 is 0 Å². The maximum atomic E-state index is 12.7. The molecule has 0 N–H and O–H groups in total. The Morgan fingerprint density at radius 3 is 2.68 bits per heavy atom. The smallest absolute Gasteiger partial charge is 0.259 e. The number of nitrogens with zero attached hydrogens (tertiary/aromatic N) is 4. The molecular formula is C18H18N4O3. The Balaban J connectivity index is 1.45. The highest BCUT2D eigenvalue weighted by atomic mass is 16.5. The van der Waals surface area contributed by atoms with Crippen LogP contribution in [0, 0.1) is 6.92 Å². The lowest BCUT2D eigenvalue weighted by Crippen LogP contribution is -2.48. The van der Waals surface area contributed by atoms with Crippen molar-refractivity contribution in [2.75, 3.05) is 13.1 Å². The Kier molecular flexibility index (Phi) is 3.83. The predicted octanol–water partition coefficient (Wildman–Crippen LogP) is 2.84. The Bertz CT molecular complexity index is 894. The lowest BCUT2D eigenvalue weighted by Gasteiger charge is -2.37. The topological polar surface area (TPSA) is 85.3 Å². The summed E-state index contributed by atoms with van der Waals surface area (Å²) < 4.78 is 10.5. The number of likely N-dealkylation sites (tertiary alicyclic amines) is 1. The summed E-state index contributed by atoms with van der Waals surface area (Å²) in [6, 6.07) is 9.68. The summed E-state index contributed by atoms with van der Waals surface area (Å²) >= 11 is 0. The third kappa shape index (κ3) is 2.71. The van der Waals surface area contributed by atoms with E-state index in [1.807, 2.05) is 37.3 Å². The molecule has 1 amide bonds. The molecule has 1 aromatic carbocycles. The number of amides is 1. The zero-order valence-corrected chi connectivity index (χ0v) is 14.1. The summed E-state index contributed by atoms with van der Waals surface area (Å²) in [6.07, 6.45) is 0.666. The molecule has 3 heterocycles. The minimum Gasteiger partial charge on any atom is -0.361 e. The van der Waals surface area contributed by atoms with Gasteiger partial charge in [0.15, 0.2) is 0 Å². The SMILES string of the molecule is CCc1noc(C)c1C(=O)N1CC(c2nc(-c3ccccc3)no2)C1. The normalized spacial score (nSPS) is 14.6. The van der Waals surface area contributed by atoms with Crippen LogP contribution in [0.15, 0.2) is 39.4 Å². The molecule has 1 saturated heterocycles. The fourth-order valence-corrected chi connectivity index (χ4v) is 3.00. The van der Waals surface area contributed by atoms with Crippen LogP contribution in [-0.2, 0) is 6.42 Å². The third-order valence-corrected chi connectivity index (χ3v) is 4.47. The van der Waals surface area contributed by atoms with Gasteiger partial charge in [-0.25, -0.2) is 0 Å². The summed E-state index contributed by atoms with van der Waals surface area (Å²) in [5.74, 6) is 1.73. The maximum absolute atomic E-state index is 12.7. The fraction of sp³-hybridized carbons (Fsp3) is 0.333. The van der Waals surface area contributed by atoms with Crippen LogP contribution in [0.3, 0.4) is 0 Å². The third-order valence-electron chi connectivity index (χ3n) is 4.47. The minimum atomic E-state index is -0.0466. The Morgan fingerprint density at radius 2 is 1.96 bits per heavy atom. The van der Waals surface area contributed by atoms with Crippen LogP contribution in [0.2, 0.25) is 0 Å². The number of carbonyl (C=O) groups excluding carboxylic acids is 1. The lowest BCUT2D eigenvalue weighted by atomic mass is 9.98. The largest absolute Gasteiger partial charge is 0.361 e. The average Bonchev–Trinajstić information content (AvgIpc) is 3.21. The van der Waals surface area contributed by atoms with Gasteiger partial charge < -0.3 is 13.9 Å². The predicted molar refractivity (Wildman–Crippen MR) is 89.0 cm³/mol. The van der Waals surface area contributed by atoms with Crippen LogP contribution in [0.1, 0.15) is 40.5 Å². The van der Waals surface area contributed by atoms with Gasteiger partial charge in [0.1, 0.15) is 11.3 Å².